The van der Waals surface area contributed by atoms with Crippen molar-refractivity contribution in [3.05, 3.63) is 65.7 Å². The van der Waals surface area contributed by atoms with Gasteiger partial charge in [0.2, 0.25) is 5.82 Å². The maximum atomic E-state index is 5.46. The fourth-order valence-corrected chi connectivity index (χ4v) is 4.76. The van der Waals surface area contributed by atoms with Crippen molar-refractivity contribution in [3.8, 4) is 11.5 Å². The third-order valence-corrected chi connectivity index (χ3v) is 6.52. The van der Waals surface area contributed by atoms with Gasteiger partial charge in [-0.2, -0.15) is 4.98 Å². The van der Waals surface area contributed by atoms with E-state index in [4.69, 9.17) is 4.52 Å². The third-order valence-electron chi connectivity index (χ3n) is 6.52. The Kier molecular flexibility index (Phi) is 6.18. The lowest BCUT2D eigenvalue weighted by atomic mass is 9.76. The largest absolute Gasteiger partial charge is 0.345 e. The highest BCUT2D eigenvalue weighted by Gasteiger charge is 2.29. The monoisotopic (exact) mass is 404 g/mol. The van der Waals surface area contributed by atoms with E-state index in [1.54, 1.807) is 0 Å². The van der Waals surface area contributed by atoms with Crippen LogP contribution in [-0.2, 0) is 7.05 Å². The van der Waals surface area contributed by atoms with Crippen LogP contribution in [0.25, 0.3) is 17.6 Å². The van der Waals surface area contributed by atoms with Crippen LogP contribution in [0.1, 0.15) is 48.9 Å². The Bertz CT molecular complexity index is 978. The van der Waals surface area contributed by atoms with Crippen LogP contribution in [0.4, 0.5) is 0 Å². The topological polar surface area (TPSA) is 47.1 Å². The van der Waals surface area contributed by atoms with Crippen LogP contribution >= 0.6 is 0 Å². The summed E-state index contributed by atoms with van der Waals surface area (Å²) in [6.07, 6.45) is 9.15. The summed E-state index contributed by atoms with van der Waals surface area (Å²) in [6.45, 7) is 2.07. The molecule has 1 aliphatic carbocycles. The molecule has 0 aliphatic heterocycles. The summed E-state index contributed by atoms with van der Waals surface area (Å²) in [4.78, 5) is 6.93. The molecule has 1 aliphatic rings. The highest BCUT2D eigenvalue weighted by molar-refractivity contribution is 5.52. The van der Waals surface area contributed by atoms with Crippen LogP contribution in [0.3, 0.4) is 0 Å². The van der Waals surface area contributed by atoms with E-state index in [2.05, 4.69) is 83.1 Å². The van der Waals surface area contributed by atoms with Gasteiger partial charge in [-0.05, 0) is 82.3 Å². The second kappa shape index (κ2) is 9.00. The van der Waals surface area contributed by atoms with Crippen LogP contribution in [0.2, 0.25) is 0 Å². The molecule has 0 spiro atoms. The Hall–Kier alpha value is -2.66. The molecule has 0 saturated heterocycles. The normalized spacial score (nSPS) is 20.8. The average molecular weight is 405 g/mol. The smallest absolute Gasteiger partial charge is 0.250 e. The van der Waals surface area contributed by atoms with Gasteiger partial charge in [0.1, 0.15) is 0 Å². The Morgan fingerprint density at radius 3 is 2.43 bits per heavy atom. The van der Waals surface area contributed by atoms with Gasteiger partial charge in [-0.3, -0.25) is 0 Å². The van der Waals surface area contributed by atoms with E-state index < -0.39 is 0 Å². The SMILES string of the molecule is Cc1ccc(-c2noc(/C=C/C3CCC(C(c4ccccc4)N(C)C)CC3)n2)n1C. The number of aryl methyl sites for hydroxylation is 1. The molecule has 30 heavy (non-hydrogen) atoms. The Morgan fingerprint density at radius 1 is 1.07 bits per heavy atom. The minimum atomic E-state index is 0.489. The molecule has 0 N–H and O–H groups in total. The van der Waals surface area contributed by atoms with Crippen LogP contribution in [0.5, 0.6) is 0 Å². The van der Waals surface area contributed by atoms with Gasteiger partial charge in [0.15, 0.2) is 0 Å². The van der Waals surface area contributed by atoms with Gasteiger partial charge in [-0.25, -0.2) is 0 Å². The minimum Gasteiger partial charge on any atom is -0.345 e. The number of hydrogen-bond acceptors (Lipinski definition) is 4. The number of aromatic nitrogens is 3. The van der Waals surface area contributed by atoms with E-state index in [1.165, 1.54) is 36.9 Å². The third kappa shape index (κ3) is 4.41. The Balaban J connectivity index is 1.37. The van der Waals surface area contributed by atoms with E-state index in [0.29, 0.717) is 29.6 Å². The molecule has 5 heteroatoms. The van der Waals surface area contributed by atoms with Gasteiger partial charge in [0, 0.05) is 18.8 Å². The van der Waals surface area contributed by atoms with Crippen molar-refractivity contribution in [1.29, 1.82) is 0 Å². The number of rotatable bonds is 6. The molecule has 0 bridgehead atoms. The highest BCUT2D eigenvalue weighted by Crippen LogP contribution is 2.39. The molecule has 1 fully saturated rings. The fourth-order valence-electron chi connectivity index (χ4n) is 4.76. The number of allylic oxidation sites excluding steroid dienone is 1. The lowest BCUT2D eigenvalue weighted by molar-refractivity contribution is 0.159. The Labute approximate surface area is 179 Å². The molecular weight excluding hydrogens is 372 g/mol. The zero-order chi connectivity index (χ0) is 21.1. The van der Waals surface area contributed by atoms with Gasteiger partial charge in [-0.1, -0.05) is 41.6 Å². The molecule has 1 unspecified atom stereocenters. The van der Waals surface area contributed by atoms with Crippen LogP contribution in [-0.4, -0.2) is 33.7 Å². The molecule has 3 aromatic rings. The first-order valence-corrected chi connectivity index (χ1v) is 10.9. The van der Waals surface area contributed by atoms with Crippen molar-refractivity contribution in [2.24, 2.45) is 18.9 Å². The van der Waals surface area contributed by atoms with E-state index >= 15 is 0 Å². The van der Waals surface area contributed by atoms with Crippen LogP contribution in [0, 0.1) is 18.8 Å². The maximum Gasteiger partial charge on any atom is 0.250 e. The zero-order valence-corrected chi connectivity index (χ0v) is 18.5. The molecule has 0 radical (unpaired) electrons. The van der Waals surface area contributed by atoms with E-state index in [1.807, 2.05) is 19.2 Å². The second-order valence-electron chi connectivity index (χ2n) is 8.73. The van der Waals surface area contributed by atoms with Crippen molar-refractivity contribution >= 4 is 6.08 Å². The van der Waals surface area contributed by atoms with Crippen molar-refractivity contribution in [3.63, 3.8) is 0 Å². The first kappa shape index (κ1) is 20.6. The Morgan fingerprint density at radius 2 is 1.80 bits per heavy atom. The van der Waals surface area contributed by atoms with E-state index in [9.17, 15) is 0 Å². The molecule has 158 valence electrons. The summed E-state index contributed by atoms with van der Waals surface area (Å²) < 4.78 is 7.53. The average Bonchev–Trinajstić information content (AvgIpc) is 3.35. The molecule has 1 atom stereocenters. The zero-order valence-electron chi connectivity index (χ0n) is 18.5. The van der Waals surface area contributed by atoms with Crippen molar-refractivity contribution in [1.82, 2.24) is 19.6 Å². The lowest BCUT2D eigenvalue weighted by Crippen LogP contribution is -2.30. The van der Waals surface area contributed by atoms with Gasteiger partial charge in [0.25, 0.3) is 5.89 Å². The molecule has 5 nitrogen and oxygen atoms in total. The summed E-state index contributed by atoms with van der Waals surface area (Å²) in [5.74, 6) is 2.50. The fraction of sp³-hybridized carbons (Fsp3) is 0.440. The predicted octanol–water partition coefficient (Wildman–Crippen LogP) is 5.51. The van der Waals surface area contributed by atoms with Crippen LogP contribution < -0.4 is 0 Å². The molecule has 2 heterocycles. The number of hydrogen-bond donors (Lipinski definition) is 0. The number of benzene rings is 1. The molecule has 2 aromatic heterocycles. The van der Waals surface area contributed by atoms with Crippen molar-refractivity contribution in [2.45, 2.75) is 38.6 Å². The standard InChI is InChI=1S/C25H32N4O/c1-18-10-16-22(29(18)4)25-26-23(30-27-25)17-13-19-11-14-21(15-12-19)24(28(2)3)20-8-6-5-7-9-20/h5-10,13,16-17,19,21,24H,11-12,14-15H2,1-4H3/b17-13+. The van der Waals surface area contributed by atoms with Gasteiger partial charge < -0.3 is 14.0 Å². The van der Waals surface area contributed by atoms with Gasteiger partial charge >= 0.3 is 0 Å². The lowest BCUT2D eigenvalue weighted by Gasteiger charge is -2.37. The van der Waals surface area contributed by atoms with Crippen LogP contribution in [0.15, 0.2) is 53.1 Å². The summed E-state index contributed by atoms with van der Waals surface area (Å²) in [5, 5.41) is 4.15. The van der Waals surface area contributed by atoms with E-state index in [-0.39, 0.29) is 0 Å². The first-order chi connectivity index (χ1) is 14.5. The molecule has 1 saturated carbocycles. The molecule has 0 amide bonds. The highest BCUT2D eigenvalue weighted by atomic mass is 16.5. The van der Waals surface area contributed by atoms with Gasteiger partial charge in [0.05, 0.1) is 5.69 Å². The summed E-state index contributed by atoms with van der Waals surface area (Å²) in [6, 6.07) is 15.5. The molecular formula is C25H32N4O. The predicted molar refractivity (Wildman–Crippen MR) is 121 cm³/mol. The molecule has 4 rings (SSSR count). The summed E-state index contributed by atoms with van der Waals surface area (Å²) in [7, 11) is 6.42. The van der Waals surface area contributed by atoms with Crippen molar-refractivity contribution in [2.75, 3.05) is 14.1 Å². The first-order valence-electron chi connectivity index (χ1n) is 10.9. The second-order valence-corrected chi connectivity index (χ2v) is 8.73. The quantitative estimate of drug-likeness (QED) is 0.544. The van der Waals surface area contributed by atoms with Crippen molar-refractivity contribution < 1.29 is 4.52 Å². The molecule has 1 aromatic carbocycles. The number of nitrogens with zero attached hydrogens (tertiary/aromatic N) is 4. The van der Waals surface area contributed by atoms with Gasteiger partial charge in [-0.15, -0.1) is 0 Å². The maximum absolute atomic E-state index is 5.46. The summed E-state index contributed by atoms with van der Waals surface area (Å²) >= 11 is 0. The minimum absolute atomic E-state index is 0.489. The summed E-state index contributed by atoms with van der Waals surface area (Å²) in [5.41, 5.74) is 3.58. The van der Waals surface area contributed by atoms with E-state index in [0.717, 1.165) is 5.69 Å².